The molecule has 0 unspecified atom stereocenters. The molecular weight excluding hydrogens is 192 g/mol. The van der Waals surface area contributed by atoms with E-state index in [1.165, 1.54) is 12.8 Å². The summed E-state index contributed by atoms with van der Waals surface area (Å²) in [5, 5.41) is 0. The Bertz CT molecular complexity index is 19.2. The van der Waals surface area contributed by atoms with Gasteiger partial charge in [0.25, 0.3) is 0 Å². The van der Waals surface area contributed by atoms with Gasteiger partial charge in [-0.2, -0.15) is 0 Å². The minimum atomic E-state index is 1.08. The molecule has 0 heteroatoms. The molecule has 108 valence electrons. The van der Waals surface area contributed by atoms with Crippen LogP contribution in [-0.4, -0.2) is 0 Å². The molecule has 0 heterocycles. The SMILES string of the molecule is CC.CC.CC.CC.CC.CC.CC1CC1. The fraction of sp³-hybridized carbons (Fsp3) is 1.00. The van der Waals surface area contributed by atoms with E-state index in [4.69, 9.17) is 0 Å². The van der Waals surface area contributed by atoms with Gasteiger partial charge in [-0.1, -0.05) is 103 Å². The molecule has 0 radical (unpaired) electrons. The smallest absolute Gasteiger partial charge is 0.0443 e. The van der Waals surface area contributed by atoms with Gasteiger partial charge in [-0.15, -0.1) is 0 Å². The summed E-state index contributed by atoms with van der Waals surface area (Å²) in [5.41, 5.74) is 0. The Morgan fingerprint density at radius 3 is 0.500 bits per heavy atom. The third-order valence-electron chi connectivity index (χ3n) is 0.866. The molecule has 0 aliphatic heterocycles. The van der Waals surface area contributed by atoms with Crippen molar-refractivity contribution in [1.29, 1.82) is 0 Å². The van der Waals surface area contributed by atoms with Crippen molar-refractivity contribution in [2.45, 2.75) is 103 Å². The topological polar surface area (TPSA) is 0 Å². The lowest BCUT2D eigenvalue weighted by molar-refractivity contribution is 0.983. The molecule has 16 heavy (non-hydrogen) atoms. The van der Waals surface area contributed by atoms with E-state index in [0.717, 1.165) is 5.92 Å². The van der Waals surface area contributed by atoms with Crippen LogP contribution in [0.25, 0.3) is 0 Å². The molecule has 1 saturated carbocycles. The van der Waals surface area contributed by atoms with Crippen molar-refractivity contribution in [3.05, 3.63) is 0 Å². The highest BCUT2D eigenvalue weighted by molar-refractivity contribution is 4.65. The number of hydrogen-bond acceptors (Lipinski definition) is 0. The van der Waals surface area contributed by atoms with Gasteiger partial charge in [0.15, 0.2) is 0 Å². The molecule has 0 aromatic carbocycles. The van der Waals surface area contributed by atoms with Gasteiger partial charge in [-0.05, 0) is 5.92 Å². The Morgan fingerprint density at radius 2 is 0.500 bits per heavy atom. The summed E-state index contributed by atoms with van der Waals surface area (Å²) in [6.07, 6.45) is 2.97. The first-order chi connectivity index (χ1) is 7.89. The monoisotopic (exact) mass is 236 g/mol. The Kier molecular flexibility index (Phi) is 265. The minimum absolute atomic E-state index is 1.08. The standard InChI is InChI=1S/C4H8.6C2H6/c1-4-2-3-4;6*1-2/h4H,2-3H2,1H3;6*1-2H3. The normalized spacial score (nSPS) is 8.81. The molecule has 0 N–H and O–H groups in total. The average molecular weight is 237 g/mol. The first kappa shape index (κ1) is 36.0. The van der Waals surface area contributed by atoms with Gasteiger partial charge >= 0.3 is 0 Å². The van der Waals surface area contributed by atoms with Crippen LogP contribution in [0.1, 0.15) is 103 Å². The van der Waals surface area contributed by atoms with Gasteiger partial charge in [0.1, 0.15) is 0 Å². The number of rotatable bonds is 0. The van der Waals surface area contributed by atoms with Crippen LogP contribution in [0.2, 0.25) is 0 Å². The predicted molar refractivity (Wildman–Crippen MR) is 86.5 cm³/mol. The van der Waals surface area contributed by atoms with E-state index in [1.807, 2.05) is 83.1 Å². The van der Waals surface area contributed by atoms with Crippen LogP contribution in [0.15, 0.2) is 0 Å². The molecule has 0 saturated heterocycles. The van der Waals surface area contributed by atoms with Gasteiger partial charge in [-0.25, -0.2) is 0 Å². The second kappa shape index (κ2) is 118. The highest BCUT2D eigenvalue weighted by Gasteiger charge is 2.12. The molecule has 1 aliphatic rings. The third kappa shape index (κ3) is 263. The fourth-order valence-electron chi connectivity index (χ4n) is 0.167. The largest absolute Gasteiger partial charge is 0.0683 e. The zero-order valence-corrected chi connectivity index (χ0v) is 15.0. The van der Waals surface area contributed by atoms with Crippen molar-refractivity contribution in [1.82, 2.24) is 0 Å². The molecule has 0 aromatic rings. The van der Waals surface area contributed by atoms with Crippen molar-refractivity contribution < 1.29 is 0 Å². The molecular formula is C16H44. The Morgan fingerprint density at radius 1 is 0.438 bits per heavy atom. The second-order valence-electron chi connectivity index (χ2n) is 1.68. The lowest BCUT2D eigenvalue weighted by Crippen LogP contribution is -1.42. The van der Waals surface area contributed by atoms with Crippen LogP contribution >= 0.6 is 0 Å². The number of hydrogen-bond donors (Lipinski definition) is 0. The Hall–Kier alpha value is 0. The zero-order valence-electron chi connectivity index (χ0n) is 15.0. The van der Waals surface area contributed by atoms with Crippen molar-refractivity contribution in [3.8, 4) is 0 Å². The van der Waals surface area contributed by atoms with E-state index in [-0.39, 0.29) is 0 Å². The molecule has 1 rings (SSSR count). The lowest BCUT2D eigenvalue weighted by atomic mass is 10.5. The van der Waals surface area contributed by atoms with Crippen molar-refractivity contribution in [2.24, 2.45) is 5.92 Å². The summed E-state index contributed by atoms with van der Waals surface area (Å²) in [7, 11) is 0. The van der Waals surface area contributed by atoms with Crippen LogP contribution in [0, 0.1) is 5.92 Å². The molecule has 0 amide bonds. The molecule has 0 bridgehead atoms. The van der Waals surface area contributed by atoms with Crippen molar-refractivity contribution >= 4 is 0 Å². The Labute approximate surface area is 109 Å². The average Bonchev–Trinajstić information content (AvgIpc) is 3.26. The van der Waals surface area contributed by atoms with Crippen molar-refractivity contribution in [2.75, 3.05) is 0 Å². The molecule has 1 aliphatic carbocycles. The predicted octanol–water partition coefficient (Wildman–Crippen LogP) is 7.57. The quantitative estimate of drug-likeness (QED) is 0.407. The van der Waals surface area contributed by atoms with Crippen LogP contribution in [0.4, 0.5) is 0 Å². The summed E-state index contributed by atoms with van der Waals surface area (Å²) >= 11 is 0. The maximum Gasteiger partial charge on any atom is -0.0443 e. The summed E-state index contributed by atoms with van der Waals surface area (Å²) in [6.45, 7) is 26.3. The van der Waals surface area contributed by atoms with Gasteiger partial charge in [0.05, 0.1) is 0 Å². The summed E-state index contributed by atoms with van der Waals surface area (Å²) in [5.74, 6) is 1.08. The first-order valence-electron chi connectivity index (χ1n) is 7.89. The van der Waals surface area contributed by atoms with E-state index in [0.29, 0.717) is 0 Å². The van der Waals surface area contributed by atoms with E-state index in [9.17, 15) is 0 Å². The summed E-state index contributed by atoms with van der Waals surface area (Å²) in [6, 6.07) is 0. The van der Waals surface area contributed by atoms with Crippen LogP contribution in [0.5, 0.6) is 0 Å². The van der Waals surface area contributed by atoms with Crippen LogP contribution < -0.4 is 0 Å². The fourth-order valence-corrected chi connectivity index (χ4v) is 0.167. The molecule has 0 spiro atoms. The second-order valence-corrected chi connectivity index (χ2v) is 1.68. The minimum Gasteiger partial charge on any atom is -0.0683 e. The first-order valence-corrected chi connectivity index (χ1v) is 7.89. The van der Waals surface area contributed by atoms with Crippen molar-refractivity contribution in [3.63, 3.8) is 0 Å². The Balaban J connectivity index is -0.0000000190. The zero-order chi connectivity index (χ0) is 15.0. The highest BCUT2D eigenvalue weighted by Crippen LogP contribution is 2.26. The maximum absolute atomic E-state index is 2.28. The maximum atomic E-state index is 2.28. The van der Waals surface area contributed by atoms with Gasteiger partial charge < -0.3 is 0 Å². The summed E-state index contributed by atoms with van der Waals surface area (Å²) in [4.78, 5) is 0. The molecule has 0 aromatic heterocycles. The summed E-state index contributed by atoms with van der Waals surface area (Å²) < 4.78 is 0. The molecule has 0 atom stereocenters. The van der Waals surface area contributed by atoms with E-state index in [2.05, 4.69) is 6.92 Å². The van der Waals surface area contributed by atoms with Crippen LogP contribution in [0.3, 0.4) is 0 Å². The molecule has 0 nitrogen and oxygen atoms in total. The van der Waals surface area contributed by atoms with E-state index < -0.39 is 0 Å². The van der Waals surface area contributed by atoms with Gasteiger partial charge in [0.2, 0.25) is 0 Å². The molecule has 1 fully saturated rings. The van der Waals surface area contributed by atoms with Gasteiger partial charge in [0, 0.05) is 0 Å². The van der Waals surface area contributed by atoms with E-state index >= 15 is 0 Å². The highest BCUT2D eigenvalue weighted by atomic mass is 14.2. The van der Waals surface area contributed by atoms with E-state index in [1.54, 1.807) is 0 Å². The van der Waals surface area contributed by atoms with Gasteiger partial charge in [-0.3, -0.25) is 0 Å². The van der Waals surface area contributed by atoms with Crippen LogP contribution in [-0.2, 0) is 0 Å². The third-order valence-corrected chi connectivity index (χ3v) is 0.866. The lowest BCUT2D eigenvalue weighted by Gasteiger charge is -1.53.